The number of carbonyl (C=O) groups is 2. The molecule has 1 fully saturated rings. The van der Waals surface area contributed by atoms with Gasteiger partial charge in [0.2, 0.25) is 5.91 Å². The van der Waals surface area contributed by atoms with Crippen molar-refractivity contribution in [2.45, 2.75) is 31.4 Å². The van der Waals surface area contributed by atoms with E-state index in [9.17, 15) is 14.7 Å². The molecule has 3 aromatic carbocycles. The second-order valence-corrected chi connectivity index (χ2v) is 8.50. The van der Waals surface area contributed by atoms with Gasteiger partial charge in [-0.2, -0.15) is 0 Å². The van der Waals surface area contributed by atoms with Gasteiger partial charge in [0.15, 0.2) is 0 Å². The van der Waals surface area contributed by atoms with Gasteiger partial charge in [0, 0.05) is 18.2 Å². The zero-order chi connectivity index (χ0) is 22.8. The summed E-state index contributed by atoms with van der Waals surface area (Å²) in [4.78, 5) is 27.4. The predicted octanol–water partition coefficient (Wildman–Crippen LogP) is 4.53. The number of hydrogen-bond acceptors (Lipinski definition) is 4. The van der Waals surface area contributed by atoms with Crippen molar-refractivity contribution in [3.63, 3.8) is 0 Å². The van der Waals surface area contributed by atoms with Crippen molar-refractivity contribution in [3.8, 4) is 11.1 Å². The number of nitrogens with one attached hydrogen (secondary N) is 1. The number of aliphatic hydroxyl groups excluding tert-OH is 1. The van der Waals surface area contributed by atoms with Crippen LogP contribution in [0.4, 0.5) is 10.5 Å². The Labute approximate surface area is 192 Å². The molecule has 2 amide bonds. The second-order valence-electron chi connectivity index (χ2n) is 8.50. The molecule has 0 spiro atoms. The van der Waals surface area contributed by atoms with Crippen molar-refractivity contribution < 1.29 is 19.4 Å². The summed E-state index contributed by atoms with van der Waals surface area (Å²) in [6.45, 7) is 0.685. The van der Waals surface area contributed by atoms with Gasteiger partial charge in [-0.15, -0.1) is 0 Å². The van der Waals surface area contributed by atoms with E-state index in [0.29, 0.717) is 18.7 Å². The minimum Gasteiger partial charge on any atom is -0.448 e. The van der Waals surface area contributed by atoms with Crippen LogP contribution in [0.1, 0.15) is 35.4 Å². The van der Waals surface area contributed by atoms with E-state index in [1.54, 1.807) is 24.3 Å². The highest BCUT2D eigenvalue weighted by Crippen LogP contribution is 2.44. The van der Waals surface area contributed by atoms with Gasteiger partial charge in [-0.3, -0.25) is 9.69 Å². The fraction of sp³-hybridized carbons (Fsp3) is 0.259. The summed E-state index contributed by atoms with van der Waals surface area (Å²) in [6.07, 6.45) is 0.904. The zero-order valence-corrected chi connectivity index (χ0v) is 18.2. The summed E-state index contributed by atoms with van der Waals surface area (Å²) >= 11 is 0. The molecule has 1 aliphatic heterocycles. The lowest BCUT2D eigenvalue weighted by atomic mass is 9.98. The molecule has 1 atom stereocenters. The van der Waals surface area contributed by atoms with Crippen LogP contribution in [-0.4, -0.2) is 41.2 Å². The van der Waals surface area contributed by atoms with E-state index in [4.69, 9.17) is 4.74 Å². The lowest BCUT2D eigenvalue weighted by molar-refractivity contribution is -0.120. The lowest BCUT2D eigenvalue weighted by Gasteiger charge is -2.24. The van der Waals surface area contributed by atoms with Gasteiger partial charge in [-0.05, 0) is 52.8 Å². The molecule has 2 aliphatic rings. The molecule has 1 heterocycles. The van der Waals surface area contributed by atoms with Crippen LogP contribution in [0, 0.1) is 0 Å². The van der Waals surface area contributed by atoms with Crippen LogP contribution in [0.2, 0.25) is 0 Å². The van der Waals surface area contributed by atoms with E-state index in [2.05, 4.69) is 29.6 Å². The molecule has 0 saturated carbocycles. The molecular formula is C27H26N2O4. The van der Waals surface area contributed by atoms with Gasteiger partial charge < -0.3 is 15.2 Å². The fourth-order valence-electron chi connectivity index (χ4n) is 4.85. The number of rotatable bonds is 5. The van der Waals surface area contributed by atoms with Crippen molar-refractivity contribution in [1.82, 2.24) is 4.90 Å². The van der Waals surface area contributed by atoms with E-state index < -0.39 is 12.1 Å². The Kier molecular flexibility index (Phi) is 5.84. The molecule has 33 heavy (non-hydrogen) atoms. The SMILES string of the molecule is O=C(Nc1ccc(CO)cc1)[C@@H]1CCCN1C(=O)OCC1c2ccccc2-c2ccccc21. The third-order valence-electron chi connectivity index (χ3n) is 6.53. The van der Waals surface area contributed by atoms with E-state index in [0.717, 1.165) is 23.1 Å². The molecule has 0 bridgehead atoms. The lowest BCUT2D eigenvalue weighted by Crippen LogP contribution is -2.43. The Balaban J connectivity index is 1.25. The van der Waals surface area contributed by atoms with Crippen LogP contribution >= 0.6 is 0 Å². The molecule has 1 saturated heterocycles. The zero-order valence-electron chi connectivity index (χ0n) is 18.2. The van der Waals surface area contributed by atoms with Crippen LogP contribution in [-0.2, 0) is 16.1 Å². The van der Waals surface area contributed by atoms with Crippen LogP contribution in [0.15, 0.2) is 72.8 Å². The number of fused-ring (bicyclic) bond motifs is 3. The predicted molar refractivity (Wildman–Crippen MR) is 126 cm³/mol. The van der Waals surface area contributed by atoms with Gasteiger partial charge in [-0.25, -0.2) is 4.79 Å². The minimum atomic E-state index is -0.557. The highest BCUT2D eigenvalue weighted by Gasteiger charge is 2.36. The maximum absolute atomic E-state index is 13.0. The van der Waals surface area contributed by atoms with E-state index >= 15 is 0 Å². The normalized spacial score (nSPS) is 16.9. The van der Waals surface area contributed by atoms with Gasteiger partial charge in [0.05, 0.1) is 6.61 Å². The summed E-state index contributed by atoms with van der Waals surface area (Å²) in [5, 5.41) is 12.0. The number of nitrogens with zero attached hydrogens (tertiary/aromatic N) is 1. The number of hydrogen-bond donors (Lipinski definition) is 2. The number of anilines is 1. The molecule has 168 valence electrons. The van der Waals surface area contributed by atoms with E-state index in [-0.39, 0.29) is 25.0 Å². The van der Waals surface area contributed by atoms with Crippen LogP contribution in [0.25, 0.3) is 11.1 Å². The molecule has 2 N–H and O–H groups in total. The summed E-state index contributed by atoms with van der Waals surface area (Å²) in [5.74, 6) is -0.237. The van der Waals surface area contributed by atoms with Crippen molar-refractivity contribution in [3.05, 3.63) is 89.5 Å². The molecular weight excluding hydrogens is 416 g/mol. The Morgan fingerprint density at radius 2 is 1.58 bits per heavy atom. The summed E-state index contributed by atoms with van der Waals surface area (Å²) in [6, 6.07) is 22.9. The fourth-order valence-corrected chi connectivity index (χ4v) is 4.85. The Morgan fingerprint density at radius 3 is 2.21 bits per heavy atom. The highest BCUT2D eigenvalue weighted by atomic mass is 16.6. The van der Waals surface area contributed by atoms with Crippen molar-refractivity contribution in [1.29, 1.82) is 0 Å². The molecule has 0 aromatic heterocycles. The van der Waals surface area contributed by atoms with Crippen molar-refractivity contribution in [2.24, 2.45) is 0 Å². The van der Waals surface area contributed by atoms with E-state index in [1.165, 1.54) is 16.0 Å². The van der Waals surface area contributed by atoms with Gasteiger partial charge in [-0.1, -0.05) is 60.7 Å². The topological polar surface area (TPSA) is 78.9 Å². The van der Waals surface area contributed by atoms with E-state index in [1.807, 2.05) is 24.3 Å². The van der Waals surface area contributed by atoms with Gasteiger partial charge in [0.25, 0.3) is 0 Å². The third-order valence-corrected chi connectivity index (χ3v) is 6.53. The number of benzene rings is 3. The number of ether oxygens (including phenoxy) is 1. The molecule has 0 unspecified atom stereocenters. The van der Waals surface area contributed by atoms with Gasteiger partial charge in [0.1, 0.15) is 12.6 Å². The number of amides is 2. The van der Waals surface area contributed by atoms with Crippen molar-refractivity contribution >= 4 is 17.7 Å². The Morgan fingerprint density at radius 1 is 0.939 bits per heavy atom. The Hall–Kier alpha value is -3.64. The highest BCUT2D eigenvalue weighted by molar-refractivity contribution is 5.96. The first-order valence-corrected chi connectivity index (χ1v) is 11.3. The average molecular weight is 443 g/mol. The molecule has 1 aliphatic carbocycles. The quantitative estimate of drug-likeness (QED) is 0.609. The summed E-state index contributed by atoms with van der Waals surface area (Å²) in [7, 11) is 0. The van der Waals surface area contributed by atoms with Gasteiger partial charge >= 0.3 is 6.09 Å². The first-order valence-electron chi connectivity index (χ1n) is 11.3. The van der Waals surface area contributed by atoms with Crippen LogP contribution < -0.4 is 5.32 Å². The molecule has 6 nitrogen and oxygen atoms in total. The monoisotopic (exact) mass is 442 g/mol. The van der Waals surface area contributed by atoms with Crippen LogP contribution in [0.3, 0.4) is 0 Å². The smallest absolute Gasteiger partial charge is 0.410 e. The van der Waals surface area contributed by atoms with Crippen molar-refractivity contribution in [2.75, 3.05) is 18.5 Å². The second kappa shape index (κ2) is 9.08. The number of carbonyl (C=O) groups excluding carboxylic acids is 2. The third kappa shape index (κ3) is 4.10. The maximum Gasteiger partial charge on any atom is 0.410 e. The molecule has 5 rings (SSSR count). The summed E-state index contributed by atoms with van der Waals surface area (Å²) < 4.78 is 5.76. The number of aliphatic hydroxyl groups is 1. The standard InChI is InChI=1S/C27H26N2O4/c30-16-18-11-13-19(14-12-18)28-26(31)25-10-5-15-29(25)27(32)33-17-24-22-8-3-1-6-20(22)21-7-2-4-9-23(21)24/h1-4,6-9,11-14,24-25,30H,5,10,15-17H2,(H,28,31)/t25-/m0/s1. The minimum absolute atomic E-state index is 0.0127. The average Bonchev–Trinajstić information content (AvgIpc) is 3.47. The largest absolute Gasteiger partial charge is 0.448 e. The molecule has 3 aromatic rings. The Bertz CT molecular complexity index is 1130. The first kappa shape index (κ1) is 21.2. The molecule has 0 radical (unpaired) electrons. The first-order chi connectivity index (χ1) is 16.2. The van der Waals surface area contributed by atoms with Crippen LogP contribution in [0.5, 0.6) is 0 Å². The summed E-state index contributed by atoms with van der Waals surface area (Å²) in [5.41, 5.74) is 6.09. The number of likely N-dealkylation sites (tertiary alicyclic amines) is 1. The maximum atomic E-state index is 13.0. The molecule has 6 heteroatoms.